The van der Waals surface area contributed by atoms with Crippen LogP contribution in [-0.4, -0.2) is 25.4 Å². The van der Waals surface area contributed by atoms with Crippen LogP contribution in [0.2, 0.25) is 5.02 Å². The lowest BCUT2D eigenvalue weighted by Gasteiger charge is -2.28. The van der Waals surface area contributed by atoms with Crippen molar-refractivity contribution in [2.24, 2.45) is 14.1 Å². The fourth-order valence-electron chi connectivity index (χ4n) is 4.56. The molecule has 0 amide bonds. The summed E-state index contributed by atoms with van der Waals surface area (Å²) in [4.78, 5) is 26.2. The number of hydrogen-bond acceptors (Lipinski definition) is 4. The molecular weight excluding hydrogens is 430 g/mol. The first-order valence-corrected chi connectivity index (χ1v) is 10.7. The van der Waals surface area contributed by atoms with Crippen molar-refractivity contribution in [3.05, 3.63) is 85.1 Å². The average Bonchev–Trinajstić information content (AvgIpc) is 3.14. The number of aromatic nitrogens is 3. The molecule has 0 bridgehead atoms. The maximum absolute atomic E-state index is 13.4. The molecule has 32 heavy (non-hydrogen) atoms. The lowest BCUT2D eigenvalue weighted by atomic mass is 10.0. The summed E-state index contributed by atoms with van der Waals surface area (Å²) in [5, 5.41) is 11.5. The van der Waals surface area contributed by atoms with Gasteiger partial charge in [0.1, 0.15) is 11.9 Å². The second kappa shape index (κ2) is 7.39. The van der Waals surface area contributed by atoms with E-state index >= 15 is 0 Å². The molecule has 0 aliphatic carbocycles. The van der Waals surface area contributed by atoms with Gasteiger partial charge in [-0.05, 0) is 30.7 Å². The summed E-state index contributed by atoms with van der Waals surface area (Å²) in [6, 6.07) is 12.7. The van der Waals surface area contributed by atoms with E-state index in [0.29, 0.717) is 40.3 Å². The summed E-state index contributed by atoms with van der Waals surface area (Å²) in [5.41, 5.74) is 3.56. The smallest absolute Gasteiger partial charge is 0.331 e. The third-order valence-electron chi connectivity index (χ3n) is 6.15. The maximum Gasteiger partial charge on any atom is 0.331 e. The van der Waals surface area contributed by atoms with Crippen molar-refractivity contribution >= 4 is 22.5 Å². The van der Waals surface area contributed by atoms with Crippen LogP contribution in [0.1, 0.15) is 22.9 Å². The normalized spacial score (nSPS) is 15.8. The van der Waals surface area contributed by atoms with Crippen LogP contribution in [0.15, 0.2) is 52.1 Å². The number of aryl methyl sites for hydroxylation is 2. The van der Waals surface area contributed by atoms with Crippen LogP contribution in [-0.2, 0) is 25.4 Å². The van der Waals surface area contributed by atoms with Crippen LogP contribution in [0.4, 0.5) is 0 Å². The molecule has 3 heterocycles. The summed E-state index contributed by atoms with van der Waals surface area (Å²) >= 11 is 6.22. The van der Waals surface area contributed by atoms with E-state index in [1.165, 1.54) is 17.7 Å². The van der Waals surface area contributed by atoms with Crippen molar-refractivity contribution in [3.63, 3.8) is 0 Å². The summed E-state index contributed by atoms with van der Waals surface area (Å²) in [5.74, 6) is 0.0351. The highest BCUT2D eigenvalue weighted by Gasteiger charge is 2.34. The summed E-state index contributed by atoms with van der Waals surface area (Å²) in [6.07, 6.45) is -0.693. The topological polar surface area (TPSA) is 78.4 Å². The summed E-state index contributed by atoms with van der Waals surface area (Å²) in [6.45, 7) is 2.88. The molecule has 2 aromatic heterocycles. The number of ether oxygens (including phenoxy) is 1. The molecule has 0 unspecified atom stereocenters. The molecule has 1 aliphatic heterocycles. The van der Waals surface area contributed by atoms with Crippen molar-refractivity contribution in [2.75, 3.05) is 6.61 Å². The lowest BCUT2D eigenvalue weighted by molar-refractivity contribution is 0.0464. The second-order valence-corrected chi connectivity index (χ2v) is 8.57. The summed E-state index contributed by atoms with van der Waals surface area (Å²) in [7, 11) is 3.13. The monoisotopic (exact) mass is 451 g/mol. The maximum atomic E-state index is 13.4. The van der Waals surface area contributed by atoms with E-state index in [0.717, 1.165) is 21.4 Å². The van der Waals surface area contributed by atoms with E-state index in [2.05, 4.69) is 0 Å². The largest absolute Gasteiger partial charge is 0.508 e. The zero-order valence-corrected chi connectivity index (χ0v) is 18.7. The molecule has 0 saturated carbocycles. The molecule has 2 aromatic carbocycles. The van der Waals surface area contributed by atoms with Crippen LogP contribution < -0.4 is 11.2 Å². The van der Waals surface area contributed by atoms with Crippen LogP contribution in [0, 0.1) is 6.92 Å². The van der Waals surface area contributed by atoms with Crippen LogP contribution in [0.25, 0.3) is 22.2 Å². The van der Waals surface area contributed by atoms with Gasteiger partial charge < -0.3 is 14.4 Å². The highest BCUT2D eigenvalue weighted by molar-refractivity contribution is 6.30. The number of halogens is 1. The Morgan fingerprint density at radius 2 is 1.78 bits per heavy atom. The van der Waals surface area contributed by atoms with Gasteiger partial charge in [-0.25, -0.2) is 4.79 Å². The molecule has 164 valence electrons. The molecule has 0 radical (unpaired) electrons. The van der Waals surface area contributed by atoms with Gasteiger partial charge >= 0.3 is 5.69 Å². The zero-order chi connectivity index (χ0) is 22.7. The zero-order valence-electron chi connectivity index (χ0n) is 17.9. The Kier molecular flexibility index (Phi) is 4.76. The van der Waals surface area contributed by atoms with Crippen LogP contribution >= 0.6 is 11.6 Å². The van der Waals surface area contributed by atoms with Gasteiger partial charge in [-0.2, -0.15) is 0 Å². The van der Waals surface area contributed by atoms with Crippen molar-refractivity contribution in [1.29, 1.82) is 0 Å². The second-order valence-electron chi connectivity index (χ2n) is 8.13. The minimum Gasteiger partial charge on any atom is -0.508 e. The van der Waals surface area contributed by atoms with Crippen LogP contribution in [0.5, 0.6) is 5.75 Å². The van der Waals surface area contributed by atoms with Gasteiger partial charge in [-0.1, -0.05) is 41.4 Å². The Labute approximate surface area is 188 Å². The minimum absolute atomic E-state index is 0.0351. The first-order valence-electron chi connectivity index (χ1n) is 10.3. The van der Waals surface area contributed by atoms with E-state index in [1.807, 2.05) is 35.8 Å². The molecule has 5 rings (SSSR count). The number of fused-ring (bicyclic) bond motifs is 3. The molecule has 0 saturated heterocycles. The predicted octanol–water partition coefficient (Wildman–Crippen LogP) is 3.49. The molecule has 0 spiro atoms. The van der Waals surface area contributed by atoms with Crippen molar-refractivity contribution in [2.45, 2.75) is 19.6 Å². The van der Waals surface area contributed by atoms with Gasteiger partial charge in [0.05, 0.1) is 28.9 Å². The quantitative estimate of drug-likeness (QED) is 0.506. The van der Waals surface area contributed by atoms with Gasteiger partial charge in [0.15, 0.2) is 0 Å². The highest BCUT2D eigenvalue weighted by atomic mass is 35.5. The number of phenolic OH excluding ortho intramolecular Hbond substituents is 1. The Morgan fingerprint density at radius 3 is 2.50 bits per heavy atom. The molecule has 7 nitrogen and oxygen atoms in total. The lowest BCUT2D eigenvalue weighted by Crippen LogP contribution is -2.37. The molecule has 1 aliphatic rings. The molecule has 1 atom stereocenters. The standard InChI is InChI=1S/C24H22ClN3O4/c1-13-4-6-14(7-5-13)19-18-20(26(2)24(31)27(3)23(18)30)21-22(32-11-10-28(19)21)16-12-15(25)8-9-17(16)29/h4-9,12,22,29H,10-11H2,1-3H3/t22-/m0/s1. The summed E-state index contributed by atoms with van der Waals surface area (Å²) < 4.78 is 10.7. The third kappa shape index (κ3) is 2.92. The van der Waals surface area contributed by atoms with Crippen molar-refractivity contribution in [1.82, 2.24) is 13.7 Å². The van der Waals surface area contributed by atoms with Gasteiger partial charge in [0.25, 0.3) is 5.56 Å². The Hall–Kier alpha value is -3.29. The molecule has 1 N–H and O–H groups in total. The van der Waals surface area contributed by atoms with Gasteiger partial charge in [-0.15, -0.1) is 0 Å². The van der Waals surface area contributed by atoms with Crippen molar-refractivity contribution in [3.8, 4) is 17.0 Å². The van der Waals surface area contributed by atoms with Gasteiger partial charge in [-0.3, -0.25) is 13.9 Å². The van der Waals surface area contributed by atoms with E-state index in [9.17, 15) is 14.7 Å². The fraction of sp³-hybridized carbons (Fsp3) is 0.250. The van der Waals surface area contributed by atoms with Crippen molar-refractivity contribution < 1.29 is 9.84 Å². The van der Waals surface area contributed by atoms with E-state index in [1.54, 1.807) is 19.2 Å². The molecule has 4 aromatic rings. The van der Waals surface area contributed by atoms with E-state index in [-0.39, 0.29) is 11.3 Å². The number of phenols is 1. The van der Waals surface area contributed by atoms with E-state index in [4.69, 9.17) is 16.3 Å². The fourth-order valence-corrected chi connectivity index (χ4v) is 4.74. The predicted molar refractivity (Wildman–Crippen MR) is 124 cm³/mol. The number of hydrogen-bond donors (Lipinski definition) is 1. The highest BCUT2D eigenvalue weighted by Crippen LogP contribution is 2.43. The van der Waals surface area contributed by atoms with Gasteiger partial charge in [0, 0.05) is 31.2 Å². The molecular formula is C24H22ClN3O4. The molecule has 0 fully saturated rings. The molecule has 8 heteroatoms. The average molecular weight is 452 g/mol. The SMILES string of the molecule is Cc1ccc(-c2c3c(=O)n(C)c(=O)n(C)c3c3n2CCO[C@H]3c2cc(Cl)ccc2O)cc1. The number of aromatic hydroxyl groups is 1. The Balaban J connectivity index is 1.95. The Bertz CT molecular complexity index is 1500. The minimum atomic E-state index is -0.693. The number of rotatable bonds is 2. The van der Waals surface area contributed by atoms with Crippen LogP contribution in [0.3, 0.4) is 0 Å². The first kappa shape index (κ1) is 20.6. The number of nitrogens with zero attached hydrogens (tertiary/aromatic N) is 3. The van der Waals surface area contributed by atoms with Gasteiger partial charge in [0.2, 0.25) is 0 Å². The van der Waals surface area contributed by atoms with E-state index < -0.39 is 11.8 Å². The third-order valence-corrected chi connectivity index (χ3v) is 6.38. The Morgan fingerprint density at radius 1 is 1.06 bits per heavy atom. The first-order chi connectivity index (χ1) is 15.3. The number of benzene rings is 2.